The van der Waals surface area contributed by atoms with Crippen LogP contribution in [0.4, 0.5) is 0 Å². The third kappa shape index (κ3) is 1.37. The average molecular weight is 239 g/mol. The molecule has 2 aromatic heterocycles. The van der Waals surface area contributed by atoms with Crippen LogP contribution in [-0.4, -0.2) is 27.7 Å². The Hall–Kier alpha value is -1.26. The molecule has 1 N–H and O–H groups in total. The van der Waals surface area contributed by atoms with E-state index in [1.807, 2.05) is 6.07 Å². The minimum atomic E-state index is 0.166. The van der Waals surface area contributed by atoms with Crippen LogP contribution in [-0.2, 0) is 4.74 Å². The number of halogens is 1. The predicted octanol–water partition coefficient (Wildman–Crippen LogP) is 2.20. The highest BCUT2D eigenvalue weighted by Crippen LogP contribution is 2.31. The summed E-state index contributed by atoms with van der Waals surface area (Å²) in [4.78, 5) is 4.32. The zero-order chi connectivity index (χ0) is 11.1. The van der Waals surface area contributed by atoms with Gasteiger partial charge in [-0.1, -0.05) is 17.7 Å². The van der Waals surface area contributed by atoms with Crippen molar-refractivity contribution in [1.82, 2.24) is 9.38 Å². The summed E-state index contributed by atoms with van der Waals surface area (Å²) in [6.45, 7) is 1.38. The molecular formula is C11H11ClN2O2. The maximum absolute atomic E-state index is 9.85. The molecule has 5 heteroatoms. The summed E-state index contributed by atoms with van der Waals surface area (Å²) >= 11 is 6.04. The maximum Gasteiger partial charge on any atom is 0.197 e. The minimum absolute atomic E-state index is 0.166. The van der Waals surface area contributed by atoms with Crippen molar-refractivity contribution in [1.29, 1.82) is 0 Å². The van der Waals surface area contributed by atoms with E-state index in [0.717, 1.165) is 24.4 Å². The van der Waals surface area contributed by atoms with Crippen LogP contribution in [0.1, 0.15) is 18.2 Å². The molecule has 1 aliphatic heterocycles. The van der Waals surface area contributed by atoms with Crippen LogP contribution in [0.2, 0.25) is 5.15 Å². The van der Waals surface area contributed by atoms with Crippen LogP contribution in [0.15, 0.2) is 18.2 Å². The van der Waals surface area contributed by atoms with E-state index in [9.17, 15) is 5.11 Å². The van der Waals surface area contributed by atoms with Gasteiger partial charge in [0.1, 0.15) is 5.82 Å². The summed E-state index contributed by atoms with van der Waals surface area (Å²) in [6.07, 6.45) is 0.920. The van der Waals surface area contributed by atoms with E-state index in [0.29, 0.717) is 11.8 Å². The number of nitrogens with zero attached hydrogens (tertiary/aromatic N) is 2. The Morgan fingerprint density at radius 1 is 1.50 bits per heavy atom. The van der Waals surface area contributed by atoms with E-state index in [4.69, 9.17) is 16.3 Å². The molecule has 0 bridgehead atoms. The fourth-order valence-corrected chi connectivity index (χ4v) is 2.35. The van der Waals surface area contributed by atoms with Crippen molar-refractivity contribution in [3.8, 4) is 5.88 Å². The third-order valence-corrected chi connectivity index (χ3v) is 3.20. The quantitative estimate of drug-likeness (QED) is 0.829. The first-order chi connectivity index (χ1) is 7.77. The molecule has 0 spiro atoms. The van der Waals surface area contributed by atoms with Crippen LogP contribution in [0.3, 0.4) is 0 Å². The van der Waals surface area contributed by atoms with Crippen molar-refractivity contribution < 1.29 is 9.84 Å². The molecule has 1 aliphatic rings. The van der Waals surface area contributed by atoms with Crippen molar-refractivity contribution in [3.05, 3.63) is 29.2 Å². The lowest BCUT2D eigenvalue weighted by Gasteiger charge is -2.07. The summed E-state index contributed by atoms with van der Waals surface area (Å²) in [5.74, 6) is 1.17. The lowest BCUT2D eigenvalue weighted by atomic mass is 10.1. The summed E-state index contributed by atoms with van der Waals surface area (Å²) in [5.41, 5.74) is 0.739. The number of hydrogen-bond acceptors (Lipinski definition) is 3. The highest BCUT2D eigenvalue weighted by Gasteiger charge is 2.24. The first-order valence-corrected chi connectivity index (χ1v) is 5.59. The van der Waals surface area contributed by atoms with Gasteiger partial charge >= 0.3 is 0 Å². The molecule has 1 unspecified atom stereocenters. The third-order valence-electron chi connectivity index (χ3n) is 2.92. The van der Waals surface area contributed by atoms with Gasteiger partial charge in [-0.3, -0.25) is 4.40 Å². The zero-order valence-electron chi connectivity index (χ0n) is 8.56. The Labute approximate surface area is 97.4 Å². The molecule has 3 heterocycles. The van der Waals surface area contributed by atoms with Crippen molar-refractivity contribution in [2.45, 2.75) is 12.3 Å². The molecule has 1 atom stereocenters. The molecule has 0 saturated carbocycles. The normalized spacial score (nSPS) is 20.7. The highest BCUT2D eigenvalue weighted by molar-refractivity contribution is 6.32. The number of rotatable bonds is 1. The summed E-state index contributed by atoms with van der Waals surface area (Å²) in [6, 6.07) is 5.23. The molecule has 0 aliphatic carbocycles. The van der Waals surface area contributed by atoms with Crippen LogP contribution in [0.5, 0.6) is 5.88 Å². The number of imidazole rings is 1. The molecule has 3 rings (SSSR count). The van der Waals surface area contributed by atoms with E-state index >= 15 is 0 Å². The van der Waals surface area contributed by atoms with Crippen molar-refractivity contribution in [2.24, 2.45) is 0 Å². The molecule has 1 fully saturated rings. The van der Waals surface area contributed by atoms with Crippen molar-refractivity contribution >= 4 is 17.1 Å². The van der Waals surface area contributed by atoms with Crippen LogP contribution < -0.4 is 0 Å². The van der Waals surface area contributed by atoms with E-state index in [-0.39, 0.29) is 11.8 Å². The second-order valence-electron chi connectivity index (χ2n) is 3.93. The molecule has 4 nitrogen and oxygen atoms in total. The lowest BCUT2D eigenvalue weighted by Crippen LogP contribution is -2.04. The van der Waals surface area contributed by atoms with Gasteiger partial charge in [0.05, 0.1) is 12.1 Å². The Morgan fingerprint density at radius 3 is 3.12 bits per heavy atom. The van der Waals surface area contributed by atoms with E-state index < -0.39 is 0 Å². The number of aromatic nitrogens is 2. The molecule has 1 saturated heterocycles. The number of aromatic hydroxyl groups is 1. The second-order valence-corrected chi connectivity index (χ2v) is 4.28. The number of fused-ring (bicyclic) bond motifs is 1. The molecule has 2 aromatic rings. The zero-order valence-corrected chi connectivity index (χ0v) is 9.31. The Balaban J connectivity index is 2.24. The van der Waals surface area contributed by atoms with E-state index in [2.05, 4.69) is 4.98 Å². The molecule has 0 amide bonds. The van der Waals surface area contributed by atoms with Gasteiger partial charge in [-0.05, 0) is 18.6 Å². The van der Waals surface area contributed by atoms with E-state index in [1.54, 1.807) is 16.5 Å². The van der Waals surface area contributed by atoms with Crippen LogP contribution in [0, 0.1) is 0 Å². The maximum atomic E-state index is 9.85. The fourth-order valence-electron chi connectivity index (χ4n) is 2.12. The van der Waals surface area contributed by atoms with Crippen LogP contribution >= 0.6 is 11.6 Å². The van der Waals surface area contributed by atoms with E-state index in [1.165, 1.54) is 0 Å². The first kappa shape index (κ1) is 9.93. The molecule has 84 valence electrons. The average Bonchev–Trinajstić information content (AvgIpc) is 2.87. The summed E-state index contributed by atoms with van der Waals surface area (Å²) in [7, 11) is 0. The molecule has 0 aromatic carbocycles. The summed E-state index contributed by atoms with van der Waals surface area (Å²) < 4.78 is 7.03. The Bertz CT molecular complexity index is 532. The summed E-state index contributed by atoms with van der Waals surface area (Å²) in [5, 5.41) is 10.3. The topological polar surface area (TPSA) is 46.8 Å². The predicted molar refractivity (Wildman–Crippen MR) is 60.0 cm³/mol. The molecule has 0 radical (unpaired) electrons. The molecule has 16 heavy (non-hydrogen) atoms. The Morgan fingerprint density at radius 2 is 2.38 bits per heavy atom. The van der Waals surface area contributed by atoms with Gasteiger partial charge in [-0.15, -0.1) is 0 Å². The minimum Gasteiger partial charge on any atom is -0.494 e. The van der Waals surface area contributed by atoms with Gasteiger partial charge in [-0.2, -0.15) is 0 Å². The highest BCUT2D eigenvalue weighted by atomic mass is 35.5. The first-order valence-electron chi connectivity index (χ1n) is 5.21. The molecular weight excluding hydrogens is 228 g/mol. The van der Waals surface area contributed by atoms with Gasteiger partial charge in [0.2, 0.25) is 0 Å². The number of hydrogen-bond donors (Lipinski definition) is 1. The largest absolute Gasteiger partial charge is 0.494 e. The van der Waals surface area contributed by atoms with Gasteiger partial charge in [-0.25, -0.2) is 4.98 Å². The second kappa shape index (κ2) is 3.64. The van der Waals surface area contributed by atoms with Gasteiger partial charge < -0.3 is 9.84 Å². The van der Waals surface area contributed by atoms with Gasteiger partial charge in [0.15, 0.2) is 11.0 Å². The lowest BCUT2D eigenvalue weighted by molar-refractivity contribution is 0.193. The van der Waals surface area contributed by atoms with Crippen molar-refractivity contribution in [3.63, 3.8) is 0 Å². The Kier molecular flexibility index (Phi) is 2.26. The van der Waals surface area contributed by atoms with Crippen molar-refractivity contribution in [2.75, 3.05) is 13.2 Å². The SMILES string of the molecule is Oc1cccc2c(Cl)nc(C3CCOC3)n12. The fraction of sp³-hybridized carbons (Fsp3) is 0.364. The smallest absolute Gasteiger partial charge is 0.197 e. The monoisotopic (exact) mass is 238 g/mol. The number of pyridine rings is 1. The van der Waals surface area contributed by atoms with Gasteiger partial charge in [0.25, 0.3) is 0 Å². The standard InChI is InChI=1S/C11H11ClN2O2/c12-10-8-2-1-3-9(15)14(8)11(13-10)7-4-5-16-6-7/h1-3,7,15H,4-6H2. The van der Waals surface area contributed by atoms with Gasteiger partial charge in [0, 0.05) is 12.5 Å². The number of ether oxygens (including phenoxy) is 1. The van der Waals surface area contributed by atoms with Crippen LogP contribution in [0.25, 0.3) is 5.52 Å².